The summed E-state index contributed by atoms with van der Waals surface area (Å²) < 4.78 is 11.1. The van der Waals surface area contributed by atoms with Crippen LogP contribution in [0.4, 0.5) is 0 Å². The van der Waals surface area contributed by atoms with Crippen LogP contribution in [-0.2, 0) is 9.47 Å². The van der Waals surface area contributed by atoms with Gasteiger partial charge in [-0.25, -0.2) is 0 Å². The van der Waals surface area contributed by atoms with Crippen LogP contribution in [0.15, 0.2) is 11.6 Å². The van der Waals surface area contributed by atoms with Crippen LogP contribution in [0, 0.1) is 17.3 Å². The Morgan fingerprint density at radius 1 is 1.21 bits per heavy atom. The van der Waals surface area contributed by atoms with E-state index in [2.05, 4.69) is 33.8 Å². The molecule has 2 heteroatoms. The average molecular weight is 196 g/mol. The highest BCUT2D eigenvalue weighted by atomic mass is 16.9. The van der Waals surface area contributed by atoms with E-state index in [1.165, 1.54) is 5.57 Å². The van der Waals surface area contributed by atoms with E-state index in [4.69, 9.17) is 9.47 Å². The minimum atomic E-state index is 0.00348. The smallest absolute Gasteiger partial charge is 0.167 e. The first-order valence-corrected chi connectivity index (χ1v) is 5.39. The monoisotopic (exact) mass is 196 g/mol. The minimum Gasteiger partial charge on any atom is -0.324 e. The molecule has 0 bridgehead atoms. The van der Waals surface area contributed by atoms with E-state index in [0.29, 0.717) is 17.3 Å². The maximum Gasteiger partial charge on any atom is 0.167 e. The number of allylic oxidation sites excluding steroid dienone is 2. The molecule has 0 aromatic carbocycles. The average Bonchev–Trinajstić information content (AvgIpc) is 2.46. The Morgan fingerprint density at radius 3 is 2.21 bits per heavy atom. The Morgan fingerprint density at radius 2 is 1.79 bits per heavy atom. The fraction of sp³-hybridized carbons (Fsp3) is 0.833. The van der Waals surface area contributed by atoms with E-state index in [0.717, 1.165) is 0 Å². The van der Waals surface area contributed by atoms with Crippen LogP contribution in [0.3, 0.4) is 0 Å². The van der Waals surface area contributed by atoms with Crippen molar-refractivity contribution >= 4 is 0 Å². The van der Waals surface area contributed by atoms with Crippen molar-refractivity contribution in [3.63, 3.8) is 0 Å². The summed E-state index contributed by atoms with van der Waals surface area (Å²) in [5, 5.41) is 0. The third-order valence-corrected chi connectivity index (χ3v) is 3.45. The van der Waals surface area contributed by atoms with Gasteiger partial charge in [0.05, 0.1) is 0 Å². The van der Waals surface area contributed by atoms with Crippen LogP contribution < -0.4 is 0 Å². The lowest BCUT2D eigenvalue weighted by Crippen LogP contribution is -2.41. The Bertz CT molecular complexity index is 257. The summed E-state index contributed by atoms with van der Waals surface area (Å²) in [6, 6.07) is 0. The van der Waals surface area contributed by atoms with E-state index in [1.54, 1.807) is 0 Å². The van der Waals surface area contributed by atoms with Crippen LogP contribution in [0.25, 0.3) is 0 Å². The molecule has 0 N–H and O–H groups in total. The molecule has 2 nitrogen and oxygen atoms in total. The van der Waals surface area contributed by atoms with E-state index in [1.807, 2.05) is 6.92 Å². The highest BCUT2D eigenvalue weighted by Crippen LogP contribution is 2.63. The van der Waals surface area contributed by atoms with E-state index >= 15 is 0 Å². The highest BCUT2D eigenvalue weighted by molar-refractivity contribution is 5.18. The Balaban J connectivity index is 1.99. The molecule has 1 aliphatic heterocycles. The second-order valence-corrected chi connectivity index (χ2v) is 5.33. The molecule has 80 valence electrons. The predicted octanol–water partition coefficient (Wildman–Crippen LogP) is 2.94. The lowest BCUT2D eigenvalue weighted by atomic mass is 10.1. The molecule has 0 radical (unpaired) electrons. The minimum absolute atomic E-state index is 0.00348. The third kappa shape index (κ3) is 1.51. The van der Waals surface area contributed by atoms with Gasteiger partial charge in [-0.3, -0.25) is 0 Å². The van der Waals surface area contributed by atoms with Crippen molar-refractivity contribution < 1.29 is 9.47 Å². The maximum atomic E-state index is 5.56. The zero-order valence-electron chi connectivity index (χ0n) is 9.70. The molecule has 1 saturated heterocycles. The van der Waals surface area contributed by atoms with Crippen LogP contribution in [0.1, 0.15) is 34.6 Å². The SMILES string of the molecule is CC(C)=CC1C(C2OC(C)O2)C1(C)C. The molecule has 0 aromatic rings. The molecule has 0 spiro atoms. The normalized spacial score (nSPS) is 44.1. The Labute approximate surface area is 86.3 Å². The first-order chi connectivity index (χ1) is 6.43. The van der Waals surface area contributed by atoms with Crippen molar-refractivity contribution in [1.82, 2.24) is 0 Å². The summed E-state index contributed by atoms with van der Waals surface area (Å²) in [4.78, 5) is 0. The summed E-state index contributed by atoms with van der Waals surface area (Å²) in [5.41, 5.74) is 1.74. The molecular formula is C12H20O2. The van der Waals surface area contributed by atoms with Gasteiger partial charge in [0, 0.05) is 5.92 Å². The third-order valence-electron chi connectivity index (χ3n) is 3.45. The van der Waals surface area contributed by atoms with Crippen molar-refractivity contribution in [2.45, 2.75) is 47.2 Å². The lowest BCUT2D eigenvalue weighted by Gasteiger charge is -2.34. The molecular weight excluding hydrogens is 176 g/mol. The molecule has 2 rings (SSSR count). The summed E-state index contributed by atoms with van der Waals surface area (Å²) in [6.45, 7) is 10.8. The second kappa shape index (κ2) is 3.07. The first kappa shape index (κ1) is 10.2. The summed E-state index contributed by atoms with van der Waals surface area (Å²) in [6.07, 6.45) is 2.39. The summed E-state index contributed by atoms with van der Waals surface area (Å²) in [5.74, 6) is 1.18. The highest BCUT2D eigenvalue weighted by Gasteiger charge is 2.63. The number of rotatable bonds is 2. The van der Waals surface area contributed by atoms with E-state index in [9.17, 15) is 0 Å². The second-order valence-electron chi connectivity index (χ2n) is 5.33. The number of hydrogen-bond acceptors (Lipinski definition) is 2. The zero-order valence-corrected chi connectivity index (χ0v) is 9.70. The van der Waals surface area contributed by atoms with Crippen molar-refractivity contribution in [2.24, 2.45) is 17.3 Å². The number of hydrogen-bond donors (Lipinski definition) is 0. The van der Waals surface area contributed by atoms with Gasteiger partial charge in [0.25, 0.3) is 0 Å². The molecule has 2 unspecified atom stereocenters. The van der Waals surface area contributed by atoms with Gasteiger partial charge in [0.15, 0.2) is 12.6 Å². The van der Waals surface area contributed by atoms with Crippen molar-refractivity contribution in [1.29, 1.82) is 0 Å². The van der Waals surface area contributed by atoms with E-state index in [-0.39, 0.29) is 12.6 Å². The maximum absolute atomic E-state index is 5.56. The molecule has 14 heavy (non-hydrogen) atoms. The van der Waals surface area contributed by atoms with E-state index < -0.39 is 0 Å². The van der Waals surface area contributed by atoms with Crippen molar-refractivity contribution in [3.8, 4) is 0 Å². The summed E-state index contributed by atoms with van der Waals surface area (Å²) in [7, 11) is 0. The van der Waals surface area contributed by atoms with Crippen LogP contribution in [-0.4, -0.2) is 12.6 Å². The molecule has 1 aliphatic carbocycles. The molecule has 0 aromatic heterocycles. The molecule has 1 heterocycles. The molecule has 2 atom stereocenters. The van der Waals surface area contributed by atoms with Gasteiger partial charge >= 0.3 is 0 Å². The van der Waals surface area contributed by atoms with Crippen LogP contribution in [0.5, 0.6) is 0 Å². The van der Waals surface area contributed by atoms with Gasteiger partial charge in [-0.2, -0.15) is 0 Å². The van der Waals surface area contributed by atoms with Gasteiger partial charge in [0.1, 0.15) is 0 Å². The standard InChI is InChI=1S/C12H20O2/c1-7(2)6-9-10(12(9,4)5)11-13-8(3)14-11/h6,8-11H,1-5H3. The van der Waals surface area contributed by atoms with Gasteiger partial charge in [-0.05, 0) is 32.1 Å². The van der Waals surface area contributed by atoms with Crippen LogP contribution in [0.2, 0.25) is 0 Å². The fourth-order valence-corrected chi connectivity index (χ4v) is 2.47. The first-order valence-electron chi connectivity index (χ1n) is 5.39. The van der Waals surface area contributed by atoms with Gasteiger partial charge in [-0.1, -0.05) is 25.5 Å². The Kier molecular flexibility index (Phi) is 2.24. The topological polar surface area (TPSA) is 18.5 Å². The van der Waals surface area contributed by atoms with Gasteiger partial charge < -0.3 is 9.47 Å². The zero-order chi connectivity index (χ0) is 10.5. The largest absolute Gasteiger partial charge is 0.324 e. The van der Waals surface area contributed by atoms with Gasteiger partial charge in [-0.15, -0.1) is 0 Å². The summed E-state index contributed by atoms with van der Waals surface area (Å²) >= 11 is 0. The molecule has 0 amide bonds. The van der Waals surface area contributed by atoms with Crippen molar-refractivity contribution in [3.05, 3.63) is 11.6 Å². The predicted molar refractivity (Wildman–Crippen MR) is 55.6 cm³/mol. The van der Waals surface area contributed by atoms with Crippen LogP contribution >= 0.6 is 0 Å². The quantitative estimate of drug-likeness (QED) is 0.632. The lowest BCUT2D eigenvalue weighted by molar-refractivity contribution is -0.385. The molecule has 2 aliphatic rings. The molecule has 1 saturated carbocycles. The molecule has 2 fully saturated rings. The fourth-order valence-electron chi connectivity index (χ4n) is 2.47. The van der Waals surface area contributed by atoms with Gasteiger partial charge in [0.2, 0.25) is 0 Å². The number of ether oxygens (including phenoxy) is 2. The Hall–Kier alpha value is -0.340. The van der Waals surface area contributed by atoms with Crippen molar-refractivity contribution in [2.75, 3.05) is 0 Å².